The van der Waals surface area contributed by atoms with Crippen LogP contribution < -0.4 is 10.0 Å². The monoisotopic (exact) mass is 351 g/mol. The molecule has 0 aliphatic heterocycles. The predicted molar refractivity (Wildman–Crippen MR) is 90.0 cm³/mol. The molecule has 2 rings (SSSR count). The van der Waals surface area contributed by atoms with Crippen LogP contribution in [0.2, 0.25) is 0 Å². The minimum atomic E-state index is -3.30. The van der Waals surface area contributed by atoms with Gasteiger partial charge in [-0.3, -0.25) is 14.9 Å². The van der Waals surface area contributed by atoms with Crippen LogP contribution in [0.4, 0.5) is 0 Å². The molecule has 2 heterocycles. The van der Waals surface area contributed by atoms with Crippen molar-refractivity contribution in [1.29, 1.82) is 0 Å². The highest BCUT2D eigenvalue weighted by molar-refractivity contribution is 7.88. The number of hydrogen-bond donors (Lipinski definition) is 3. The predicted octanol–water partition coefficient (Wildman–Crippen LogP) is 0.443. The van der Waals surface area contributed by atoms with Crippen molar-refractivity contribution >= 4 is 15.9 Å². The van der Waals surface area contributed by atoms with Crippen LogP contribution >= 0.6 is 0 Å². The van der Waals surface area contributed by atoms with E-state index in [1.165, 1.54) is 6.20 Å². The highest BCUT2D eigenvalue weighted by Crippen LogP contribution is 2.09. The summed E-state index contributed by atoms with van der Waals surface area (Å²) in [6.07, 6.45) is 3.25. The van der Waals surface area contributed by atoms with Gasteiger partial charge in [-0.05, 0) is 38.0 Å². The highest BCUT2D eigenvalue weighted by atomic mass is 32.2. The van der Waals surface area contributed by atoms with Crippen LogP contribution in [-0.4, -0.2) is 42.3 Å². The number of amides is 1. The van der Waals surface area contributed by atoms with Crippen LogP contribution in [0.25, 0.3) is 0 Å². The summed E-state index contributed by atoms with van der Waals surface area (Å²) >= 11 is 0. The molecule has 0 saturated carbocycles. The summed E-state index contributed by atoms with van der Waals surface area (Å²) in [4.78, 5) is 16.2. The van der Waals surface area contributed by atoms with E-state index in [2.05, 4.69) is 25.2 Å². The molecule has 0 fully saturated rings. The fraction of sp³-hybridized carbons (Fsp3) is 0.400. The Bertz CT molecular complexity index is 810. The molecule has 24 heavy (non-hydrogen) atoms. The van der Waals surface area contributed by atoms with Crippen LogP contribution in [-0.2, 0) is 23.0 Å². The Kier molecular flexibility index (Phi) is 5.68. The Labute approximate surface area is 141 Å². The van der Waals surface area contributed by atoms with Crippen LogP contribution in [0.3, 0.4) is 0 Å². The molecule has 0 spiro atoms. The number of rotatable bonds is 7. The van der Waals surface area contributed by atoms with Gasteiger partial charge < -0.3 is 5.32 Å². The van der Waals surface area contributed by atoms with Gasteiger partial charge in [0, 0.05) is 24.0 Å². The number of nitrogens with zero attached hydrogens (tertiary/aromatic N) is 2. The van der Waals surface area contributed by atoms with Crippen molar-refractivity contribution in [2.24, 2.45) is 0 Å². The van der Waals surface area contributed by atoms with Gasteiger partial charge in [0.25, 0.3) is 5.91 Å². The number of H-pyrrole nitrogens is 1. The minimum absolute atomic E-state index is 0.0490. The molecule has 0 saturated heterocycles. The summed E-state index contributed by atoms with van der Waals surface area (Å²) in [5, 5.41) is 9.88. The van der Waals surface area contributed by atoms with Gasteiger partial charge in [-0.2, -0.15) is 5.10 Å². The van der Waals surface area contributed by atoms with Crippen LogP contribution in [0, 0.1) is 13.8 Å². The molecule has 2 aromatic rings. The fourth-order valence-electron chi connectivity index (χ4n) is 2.27. The molecule has 0 radical (unpaired) electrons. The number of sulfonamides is 1. The van der Waals surface area contributed by atoms with E-state index in [1.54, 1.807) is 12.1 Å². The smallest absolute Gasteiger partial charge is 0.251 e. The van der Waals surface area contributed by atoms with E-state index in [0.717, 1.165) is 23.2 Å². The van der Waals surface area contributed by atoms with Gasteiger partial charge in [0.2, 0.25) is 10.0 Å². The van der Waals surface area contributed by atoms with Crippen molar-refractivity contribution in [2.75, 3.05) is 12.8 Å². The average molecular weight is 351 g/mol. The Hall–Kier alpha value is -2.26. The summed E-state index contributed by atoms with van der Waals surface area (Å²) in [5.74, 6) is -0.225. The van der Waals surface area contributed by atoms with Crippen LogP contribution in [0.15, 0.2) is 18.3 Å². The summed E-state index contributed by atoms with van der Waals surface area (Å²) in [6.45, 7) is 4.40. The van der Waals surface area contributed by atoms with E-state index in [-0.39, 0.29) is 12.5 Å². The van der Waals surface area contributed by atoms with Crippen molar-refractivity contribution in [3.8, 4) is 0 Å². The van der Waals surface area contributed by atoms with E-state index in [4.69, 9.17) is 0 Å². The Balaban J connectivity index is 1.92. The van der Waals surface area contributed by atoms with Gasteiger partial charge in [0.1, 0.15) is 0 Å². The molecule has 2 aromatic heterocycles. The second-order valence-corrected chi connectivity index (χ2v) is 7.38. The molecular weight excluding hydrogens is 330 g/mol. The average Bonchev–Trinajstić information content (AvgIpc) is 2.84. The quantitative estimate of drug-likeness (QED) is 0.669. The number of aromatic amines is 1. The summed E-state index contributed by atoms with van der Waals surface area (Å²) in [7, 11) is -3.30. The third-order valence-electron chi connectivity index (χ3n) is 3.54. The first-order chi connectivity index (χ1) is 11.3. The lowest BCUT2D eigenvalue weighted by atomic mass is 10.1. The maximum absolute atomic E-state index is 12.2. The van der Waals surface area contributed by atoms with Gasteiger partial charge in [-0.15, -0.1) is 0 Å². The maximum atomic E-state index is 12.2. The number of aryl methyl sites for hydroxylation is 2. The van der Waals surface area contributed by atoms with Crippen molar-refractivity contribution in [1.82, 2.24) is 25.2 Å². The molecule has 0 aliphatic carbocycles. The number of nitrogens with one attached hydrogen (secondary N) is 3. The van der Waals surface area contributed by atoms with E-state index >= 15 is 0 Å². The largest absolute Gasteiger partial charge is 0.352 e. The molecule has 1 amide bonds. The lowest BCUT2D eigenvalue weighted by Gasteiger charge is -2.07. The maximum Gasteiger partial charge on any atom is 0.251 e. The molecule has 130 valence electrons. The molecule has 0 aromatic carbocycles. The second kappa shape index (κ2) is 7.54. The van der Waals surface area contributed by atoms with Gasteiger partial charge >= 0.3 is 0 Å². The number of hydrogen-bond acceptors (Lipinski definition) is 5. The van der Waals surface area contributed by atoms with E-state index in [0.29, 0.717) is 24.2 Å². The summed E-state index contributed by atoms with van der Waals surface area (Å²) in [5.41, 5.74) is 3.95. The topological polar surface area (TPSA) is 117 Å². The number of aromatic nitrogens is 3. The summed E-state index contributed by atoms with van der Waals surface area (Å²) < 4.78 is 24.6. The molecule has 0 unspecified atom stereocenters. The van der Waals surface area contributed by atoms with Gasteiger partial charge in [0.05, 0.1) is 24.2 Å². The molecular formula is C15H21N5O3S. The first kappa shape index (κ1) is 18.1. The summed E-state index contributed by atoms with van der Waals surface area (Å²) in [6, 6.07) is 3.16. The first-order valence-corrected chi connectivity index (χ1v) is 9.33. The highest BCUT2D eigenvalue weighted by Gasteiger charge is 2.10. The van der Waals surface area contributed by atoms with Crippen molar-refractivity contribution in [3.05, 3.63) is 46.5 Å². The van der Waals surface area contributed by atoms with Crippen molar-refractivity contribution in [3.63, 3.8) is 0 Å². The van der Waals surface area contributed by atoms with Crippen LogP contribution in [0.5, 0.6) is 0 Å². The second-order valence-electron chi connectivity index (χ2n) is 5.55. The standard InChI is InChI=1S/C15H21N5O3S/c1-10-14(11(2)20-19-10)5-7-17-15(21)12-4-6-16-13(8-12)9-18-24(3,22)23/h4,6,8,18H,5,7,9H2,1-3H3,(H,17,21)(H,19,20). The molecule has 3 N–H and O–H groups in total. The van der Waals surface area contributed by atoms with Crippen molar-refractivity contribution < 1.29 is 13.2 Å². The zero-order valence-corrected chi connectivity index (χ0v) is 14.7. The first-order valence-electron chi connectivity index (χ1n) is 7.44. The van der Waals surface area contributed by atoms with Gasteiger partial charge in [0.15, 0.2) is 0 Å². The van der Waals surface area contributed by atoms with E-state index in [1.807, 2.05) is 13.8 Å². The van der Waals surface area contributed by atoms with Gasteiger partial charge in [-0.25, -0.2) is 13.1 Å². The number of carbonyl (C=O) groups is 1. The minimum Gasteiger partial charge on any atom is -0.352 e. The van der Waals surface area contributed by atoms with E-state index in [9.17, 15) is 13.2 Å². The lowest BCUT2D eigenvalue weighted by Crippen LogP contribution is -2.26. The van der Waals surface area contributed by atoms with Crippen LogP contribution in [0.1, 0.15) is 33.0 Å². The molecule has 0 aliphatic rings. The Morgan fingerprint density at radius 2 is 2.08 bits per heavy atom. The number of pyridine rings is 1. The third kappa shape index (κ3) is 5.14. The van der Waals surface area contributed by atoms with Crippen molar-refractivity contribution in [2.45, 2.75) is 26.8 Å². The normalized spacial score (nSPS) is 11.5. The number of carbonyl (C=O) groups excluding carboxylic acids is 1. The zero-order chi connectivity index (χ0) is 17.7. The third-order valence-corrected chi connectivity index (χ3v) is 4.20. The zero-order valence-electron chi connectivity index (χ0n) is 13.9. The van der Waals surface area contributed by atoms with Gasteiger partial charge in [-0.1, -0.05) is 0 Å². The Morgan fingerprint density at radius 1 is 1.33 bits per heavy atom. The van der Waals surface area contributed by atoms with E-state index < -0.39 is 10.0 Å². The molecule has 9 heteroatoms. The molecule has 8 nitrogen and oxygen atoms in total. The Morgan fingerprint density at radius 3 is 2.71 bits per heavy atom. The molecule has 0 bridgehead atoms. The lowest BCUT2D eigenvalue weighted by molar-refractivity contribution is 0.0954. The SMILES string of the molecule is Cc1n[nH]c(C)c1CCNC(=O)c1ccnc(CNS(C)(=O)=O)c1. The fourth-order valence-corrected chi connectivity index (χ4v) is 2.68. The molecule has 0 atom stereocenters.